The van der Waals surface area contributed by atoms with E-state index in [9.17, 15) is 27.9 Å². The van der Waals surface area contributed by atoms with E-state index in [0.717, 1.165) is 51.9 Å². The predicted octanol–water partition coefficient (Wildman–Crippen LogP) is 3.66. The number of hydrogen-bond donors (Lipinski definition) is 1. The number of alkyl halides is 3. The topological polar surface area (TPSA) is 70.1 Å². The first-order chi connectivity index (χ1) is 16.1. The van der Waals surface area contributed by atoms with Crippen LogP contribution in [0.2, 0.25) is 0 Å². The molecule has 6 nitrogen and oxygen atoms in total. The third-order valence-corrected chi connectivity index (χ3v) is 8.09. The zero-order chi connectivity index (χ0) is 24.7. The Morgan fingerprint density at radius 2 is 1.65 bits per heavy atom. The van der Waals surface area contributed by atoms with E-state index in [-0.39, 0.29) is 29.5 Å². The van der Waals surface area contributed by atoms with Crippen LogP contribution in [0.4, 0.5) is 13.2 Å². The van der Waals surface area contributed by atoms with Gasteiger partial charge in [-0.05, 0) is 69.6 Å². The summed E-state index contributed by atoms with van der Waals surface area (Å²) in [6.45, 7) is 1.30. The van der Waals surface area contributed by atoms with E-state index in [2.05, 4.69) is 4.90 Å². The lowest BCUT2D eigenvalue weighted by Crippen LogP contribution is -2.63. The Morgan fingerprint density at radius 1 is 1.09 bits per heavy atom. The molecule has 188 valence electrons. The molecule has 1 amide bonds. The van der Waals surface area contributed by atoms with Gasteiger partial charge in [-0.3, -0.25) is 14.5 Å². The number of carbonyl (C=O) groups excluding carboxylic acids is 2. The minimum Gasteiger partial charge on any atom is -0.468 e. The molecule has 0 aromatic heterocycles. The Bertz CT molecular complexity index is 904. The summed E-state index contributed by atoms with van der Waals surface area (Å²) in [4.78, 5) is 29.9. The fraction of sp³-hybridized carbons (Fsp3) is 0.680. The highest BCUT2D eigenvalue weighted by atomic mass is 19.4. The zero-order valence-corrected chi connectivity index (χ0v) is 19.7. The highest BCUT2D eigenvalue weighted by Gasteiger charge is 2.53. The Hall–Kier alpha value is -2.13. The third-order valence-electron chi connectivity index (χ3n) is 8.09. The van der Waals surface area contributed by atoms with Gasteiger partial charge in [-0.1, -0.05) is 12.1 Å². The predicted molar refractivity (Wildman–Crippen MR) is 119 cm³/mol. The number of likely N-dealkylation sites (tertiary alicyclic amines) is 1. The van der Waals surface area contributed by atoms with Crippen molar-refractivity contribution < 1.29 is 32.6 Å². The molecule has 0 spiro atoms. The van der Waals surface area contributed by atoms with Crippen LogP contribution in [0.3, 0.4) is 0 Å². The maximum atomic E-state index is 13.5. The van der Waals surface area contributed by atoms with E-state index in [4.69, 9.17) is 4.74 Å². The number of rotatable bonds is 7. The fourth-order valence-electron chi connectivity index (χ4n) is 5.38. The van der Waals surface area contributed by atoms with E-state index in [1.54, 1.807) is 0 Å². The van der Waals surface area contributed by atoms with Gasteiger partial charge >= 0.3 is 12.1 Å². The average Bonchev–Trinajstić information content (AvgIpc) is 3.63. The molecule has 1 aliphatic heterocycles. The van der Waals surface area contributed by atoms with Crippen LogP contribution in [-0.2, 0) is 14.9 Å². The summed E-state index contributed by atoms with van der Waals surface area (Å²) in [5, 5.41) is 9.41. The van der Waals surface area contributed by atoms with Gasteiger partial charge in [0.15, 0.2) is 0 Å². The van der Waals surface area contributed by atoms with Crippen LogP contribution in [0.15, 0.2) is 24.3 Å². The third kappa shape index (κ3) is 4.21. The van der Waals surface area contributed by atoms with Gasteiger partial charge in [0.2, 0.25) is 0 Å². The van der Waals surface area contributed by atoms with Crippen molar-refractivity contribution >= 4 is 11.9 Å². The normalized spacial score (nSPS) is 23.0. The summed E-state index contributed by atoms with van der Waals surface area (Å²) in [6, 6.07) is 5.64. The lowest BCUT2D eigenvalue weighted by Gasteiger charge is -2.51. The van der Waals surface area contributed by atoms with E-state index >= 15 is 0 Å². The Kier molecular flexibility index (Phi) is 6.72. The maximum Gasteiger partial charge on any atom is 0.400 e. The van der Waals surface area contributed by atoms with Crippen LogP contribution in [-0.4, -0.2) is 77.4 Å². The van der Waals surface area contributed by atoms with Crippen molar-refractivity contribution in [2.45, 2.75) is 81.1 Å². The molecule has 2 aliphatic carbocycles. The summed E-state index contributed by atoms with van der Waals surface area (Å²) >= 11 is 0. The zero-order valence-electron chi connectivity index (χ0n) is 19.7. The van der Waals surface area contributed by atoms with Crippen LogP contribution in [0.5, 0.6) is 0 Å². The molecule has 1 N–H and O–H groups in total. The highest BCUT2D eigenvalue weighted by molar-refractivity contribution is 5.95. The molecular formula is C25H33F3N2O4. The van der Waals surface area contributed by atoms with Crippen molar-refractivity contribution in [3.8, 4) is 0 Å². The van der Waals surface area contributed by atoms with Gasteiger partial charge in [-0.25, -0.2) is 0 Å². The SMILES string of the molecule is COC(=O)C1(N2CCC(N(C(=O)c3ccc([C@@](C)(CO)C(F)(F)F)cc3)C3CC3)CC2)CCC1. The van der Waals surface area contributed by atoms with Crippen LogP contribution >= 0.6 is 0 Å². The lowest BCUT2D eigenvalue weighted by molar-refractivity contribution is -0.195. The largest absolute Gasteiger partial charge is 0.468 e. The minimum atomic E-state index is -4.61. The molecule has 4 rings (SSSR count). The molecule has 0 radical (unpaired) electrons. The van der Waals surface area contributed by atoms with Gasteiger partial charge in [0.1, 0.15) is 11.0 Å². The van der Waals surface area contributed by atoms with Crippen molar-refractivity contribution in [1.82, 2.24) is 9.80 Å². The molecular weight excluding hydrogens is 449 g/mol. The number of methoxy groups -OCH3 is 1. The van der Waals surface area contributed by atoms with Gasteiger partial charge < -0.3 is 14.7 Å². The smallest absolute Gasteiger partial charge is 0.400 e. The maximum absolute atomic E-state index is 13.5. The van der Waals surface area contributed by atoms with Crippen LogP contribution < -0.4 is 0 Å². The molecule has 2 saturated carbocycles. The second-order valence-electron chi connectivity index (χ2n) is 10.1. The molecule has 3 fully saturated rings. The number of aliphatic hydroxyl groups is 1. The first-order valence-electron chi connectivity index (χ1n) is 12.0. The standard InChI is InChI=1S/C25H33F3N2O4/c1-23(16-31,25(26,27)28)18-6-4-17(5-7-18)21(32)30(19-8-9-19)20-10-14-29(15-11-20)24(12-3-13-24)22(33)34-2/h4-7,19-20,31H,3,8-16H2,1-2H3/t23-/m1/s1. The van der Waals surface area contributed by atoms with Crippen LogP contribution in [0.1, 0.15) is 67.8 Å². The number of nitrogens with zero attached hydrogens (tertiary/aromatic N) is 2. The lowest BCUT2D eigenvalue weighted by atomic mass is 9.74. The number of esters is 1. The van der Waals surface area contributed by atoms with Gasteiger partial charge in [0, 0.05) is 30.7 Å². The van der Waals surface area contributed by atoms with E-state index in [0.29, 0.717) is 18.7 Å². The number of hydrogen-bond acceptors (Lipinski definition) is 5. The van der Waals surface area contributed by atoms with Crippen molar-refractivity contribution in [3.63, 3.8) is 0 Å². The minimum absolute atomic E-state index is 0.0311. The van der Waals surface area contributed by atoms with Crippen LogP contribution in [0, 0.1) is 0 Å². The monoisotopic (exact) mass is 482 g/mol. The Morgan fingerprint density at radius 3 is 2.06 bits per heavy atom. The molecule has 1 heterocycles. The van der Waals surface area contributed by atoms with Gasteiger partial charge in [-0.15, -0.1) is 0 Å². The number of halogens is 3. The quantitative estimate of drug-likeness (QED) is 0.601. The second kappa shape index (κ2) is 9.15. The average molecular weight is 483 g/mol. The molecule has 1 aromatic carbocycles. The van der Waals surface area contributed by atoms with E-state index in [1.165, 1.54) is 31.4 Å². The molecule has 1 aromatic rings. The van der Waals surface area contributed by atoms with Crippen molar-refractivity contribution in [2.24, 2.45) is 0 Å². The van der Waals surface area contributed by atoms with E-state index < -0.39 is 23.7 Å². The molecule has 3 aliphatic rings. The summed E-state index contributed by atoms with van der Waals surface area (Å²) in [7, 11) is 1.42. The van der Waals surface area contributed by atoms with Gasteiger partial charge in [-0.2, -0.15) is 13.2 Å². The molecule has 0 bridgehead atoms. The molecule has 1 atom stereocenters. The van der Waals surface area contributed by atoms with Crippen molar-refractivity contribution in [2.75, 3.05) is 26.8 Å². The Balaban J connectivity index is 1.47. The first kappa shape index (κ1) is 25.0. The number of ether oxygens (including phenoxy) is 1. The molecule has 9 heteroatoms. The van der Waals surface area contributed by atoms with Gasteiger partial charge in [0.25, 0.3) is 5.91 Å². The molecule has 34 heavy (non-hydrogen) atoms. The first-order valence-corrected chi connectivity index (χ1v) is 12.0. The number of carbonyl (C=O) groups is 2. The summed E-state index contributed by atoms with van der Waals surface area (Å²) in [5.41, 5.74) is -2.62. The summed E-state index contributed by atoms with van der Waals surface area (Å²) in [5.74, 6) is -0.349. The second-order valence-corrected chi connectivity index (χ2v) is 10.1. The van der Waals surface area contributed by atoms with Crippen molar-refractivity contribution in [1.29, 1.82) is 0 Å². The van der Waals surface area contributed by atoms with Crippen molar-refractivity contribution in [3.05, 3.63) is 35.4 Å². The fourth-order valence-corrected chi connectivity index (χ4v) is 5.38. The number of piperidine rings is 1. The number of amides is 1. The Labute approximate surface area is 198 Å². The summed E-state index contributed by atoms with van der Waals surface area (Å²) in [6.07, 6.45) is 1.33. The highest BCUT2D eigenvalue weighted by Crippen LogP contribution is 2.43. The molecule has 1 saturated heterocycles. The summed E-state index contributed by atoms with van der Waals surface area (Å²) < 4.78 is 45.5. The number of aliphatic hydroxyl groups excluding tert-OH is 1. The van der Waals surface area contributed by atoms with Crippen LogP contribution in [0.25, 0.3) is 0 Å². The number of benzene rings is 1. The van der Waals surface area contributed by atoms with E-state index in [1.807, 2.05) is 4.90 Å². The molecule has 0 unspecified atom stereocenters. The van der Waals surface area contributed by atoms with Gasteiger partial charge in [0.05, 0.1) is 13.7 Å².